The van der Waals surface area contributed by atoms with Crippen molar-refractivity contribution in [2.24, 2.45) is 5.73 Å². The molecule has 0 bridgehead atoms. The third kappa shape index (κ3) is 5.63. The van der Waals surface area contributed by atoms with Crippen LogP contribution in [0.15, 0.2) is 49.1 Å². The molecule has 2 aromatic rings. The summed E-state index contributed by atoms with van der Waals surface area (Å²) in [5, 5.41) is 3.55. The van der Waals surface area contributed by atoms with Crippen LogP contribution in [0.3, 0.4) is 0 Å². The minimum Gasteiger partial charge on any atom is -0.497 e. The van der Waals surface area contributed by atoms with Crippen LogP contribution in [-0.4, -0.2) is 26.3 Å². The molecule has 0 amide bonds. The Kier molecular flexibility index (Phi) is 7.36. The number of methoxy groups -OCH3 is 1. The van der Waals surface area contributed by atoms with Gasteiger partial charge in [-0.3, -0.25) is 0 Å². The summed E-state index contributed by atoms with van der Waals surface area (Å²) in [5.41, 5.74) is 9.08. The fraction of sp³-hybridized carbons (Fsp3) is 0.391. The number of fused-ring (bicyclic) bond motifs is 1. The van der Waals surface area contributed by atoms with E-state index in [4.69, 9.17) is 15.2 Å². The normalized spacial score (nSPS) is 19.0. The molecular formula is C23H28F2N2O2. The molecule has 0 aromatic heterocycles. The fourth-order valence-electron chi connectivity index (χ4n) is 3.85. The Bertz CT molecular complexity index is 823. The van der Waals surface area contributed by atoms with Crippen LogP contribution in [0.2, 0.25) is 0 Å². The van der Waals surface area contributed by atoms with Gasteiger partial charge in [-0.25, -0.2) is 8.78 Å². The third-order valence-electron chi connectivity index (χ3n) is 5.21. The van der Waals surface area contributed by atoms with E-state index in [0.29, 0.717) is 31.6 Å². The standard InChI is InChI=1S/C23H28F2N2O2/c1-3-8-29-23-14-22(21-13-19(28-2)4-5-20(21)23)27-7-6-18(26)11-15-9-16(24)12-17(25)10-15/h3-5,9-10,12-13,18,22-23,27H,1,6-8,11,14,26H2,2H3/t18-,22+,23-/m1/s1. The zero-order valence-electron chi connectivity index (χ0n) is 16.7. The number of hydrogen-bond donors (Lipinski definition) is 2. The van der Waals surface area contributed by atoms with Gasteiger partial charge in [-0.05, 0) is 66.8 Å². The van der Waals surface area contributed by atoms with E-state index in [1.165, 1.54) is 17.7 Å². The lowest BCUT2D eigenvalue weighted by atomic mass is 10.0. The van der Waals surface area contributed by atoms with E-state index >= 15 is 0 Å². The van der Waals surface area contributed by atoms with Gasteiger partial charge in [-0.2, -0.15) is 0 Å². The smallest absolute Gasteiger partial charge is 0.126 e. The summed E-state index contributed by atoms with van der Waals surface area (Å²) in [6, 6.07) is 9.51. The first-order chi connectivity index (χ1) is 14.0. The summed E-state index contributed by atoms with van der Waals surface area (Å²) < 4.78 is 38.0. The number of hydrogen-bond acceptors (Lipinski definition) is 4. The Morgan fingerprint density at radius 3 is 2.66 bits per heavy atom. The molecule has 3 N–H and O–H groups in total. The molecule has 6 heteroatoms. The maximum Gasteiger partial charge on any atom is 0.126 e. The molecule has 2 aromatic carbocycles. The Morgan fingerprint density at radius 2 is 1.97 bits per heavy atom. The maximum absolute atomic E-state index is 13.3. The molecule has 4 nitrogen and oxygen atoms in total. The number of rotatable bonds is 10. The molecule has 0 aliphatic heterocycles. The molecule has 156 valence electrons. The topological polar surface area (TPSA) is 56.5 Å². The average Bonchev–Trinajstić information content (AvgIpc) is 3.02. The quantitative estimate of drug-likeness (QED) is 0.585. The number of nitrogens with two attached hydrogens (primary N) is 1. The SMILES string of the molecule is C=CCO[C@@H]1C[C@H](NCC[C@@H](N)Cc2cc(F)cc(F)c2)c2cc(OC)ccc21. The van der Waals surface area contributed by atoms with Crippen molar-refractivity contribution < 1.29 is 18.3 Å². The van der Waals surface area contributed by atoms with E-state index in [9.17, 15) is 8.78 Å². The van der Waals surface area contributed by atoms with Crippen LogP contribution in [0.1, 0.15) is 41.7 Å². The van der Waals surface area contributed by atoms with Gasteiger partial charge in [0.2, 0.25) is 0 Å². The first kappa shape index (κ1) is 21.4. The van der Waals surface area contributed by atoms with Crippen LogP contribution in [-0.2, 0) is 11.2 Å². The predicted octanol–water partition coefficient (Wildman–Crippen LogP) is 4.21. The summed E-state index contributed by atoms with van der Waals surface area (Å²) in [7, 11) is 1.65. The van der Waals surface area contributed by atoms with Gasteiger partial charge in [0.15, 0.2) is 0 Å². The second-order valence-corrected chi connectivity index (χ2v) is 7.38. The van der Waals surface area contributed by atoms with Crippen molar-refractivity contribution in [1.29, 1.82) is 0 Å². The van der Waals surface area contributed by atoms with Crippen LogP contribution in [0, 0.1) is 11.6 Å². The lowest BCUT2D eigenvalue weighted by Gasteiger charge is -2.17. The first-order valence-electron chi connectivity index (χ1n) is 9.84. The van der Waals surface area contributed by atoms with Crippen LogP contribution in [0.4, 0.5) is 8.78 Å². The lowest BCUT2D eigenvalue weighted by Crippen LogP contribution is -2.30. The van der Waals surface area contributed by atoms with Crippen molar-refractivity contribution in [1.82, 2.24) is 5.32 Å². The molecule has 0 radical (unpaired) electrons. The summed E-state index contributed by atoms with van der Waals surface area (Å²) in [6.45, 7) is 4.90. The van der Waals surface area contributed by atoms with E-state index in [1.807, 2.05) is 18.2 Å². The number of halogens is 2. The van der Waals surface area contributed by atoms with Gasteiger partial charge in [0.05, 0.1) is 19.8 Å². The average molecular weight is 402 g/mol. The summed E-state index contributed by atoms with van der Waals surface area (Å²) in [5.74, 6) is -0.343. The minimum atomic E-state index is -0.576. The van der Waals surface area contributed by atoms with Gasteiger partial charge < -0.3 is 20.5 Å². The predicted molar refractivity (Wildman–Crippen MR) is 110 cm³/mol. The van der Waals surface area contributed by atoms with Crippen LogP contribution < -0.4 is 15.8 Å². The molecule has 0 saturated carbocycles. The monoisotopic (exact) mass is 402 g/mol. The molecular weight excluding hydrogens is 374 g/mol. The van der Waals surface area contributed by atoms with Gasteiger partial charge in [-0.1, -0.05) is 12.1 Å². The number of nitrogens with one attached hydrogen (secondary N) is 1. The van der Waals surface area contributed by atoms with Crippen molar-refractivity contribution >= 4 is 0 Å². The molecule has 3 rings (SSSR count). The number of ether oxygens (including phenoxy) is 2. The third-order valence-corrected chi connectivity index (χ3v) is 5.21. The van der Waals surface area contributed by atoms with E-state index in [-0.39, 0.29) is 18.2 Å². The summed E-state index contributed by atoms with van der Waals surface area (Å²) >= 11 is 0. The van der Waals surface area contributed by atoms with Crippen molar-refractivity contribution in [3.63, 3.8) is 0 Å². The molecule has 0 spiro atoms. The van der Waals surface area contributed by atoms with Gasteiger partial charge in [0.25, 0.3) is 0 Å². The Labute approximate surface area is 170 Å². The molecule has 0 heterocycles. The van der Waals surface area contributed by atoms with Gasteiger partial charge >= 0.3 is 0 Å². The van der Waals surface area contributed by atoms with Crippen molar-refractivity contribution in [3.05, 3.63) is 77.4 Å². The van der Waals surface area contributed by atoms with E-state index in [1.54, 1.807) is 13.2 Å². The number of benzene rings is 2. The molecule has 1 aliphatic rings. The zero-order chi connectivity index (χ0) is 20.8. The molecule has 3 atom stereocenters. The highest BCUT2D eigenvalue weighted by Gasteiger charge is 2.31. The summed E-state index contributed by atoms with van der Waals surface area (Å²) in [6.07, 6.45) is 3.69. The Morgan fingerprint density at radius 1 is 1.21 bits per heavy atom. The van der Waals surface area contributed by atoms with Gasteiger partial charge in [-0.15, -0.1) is 6.58 Å². The highest BCUT2D eigenvalue weighted by Crippen LogP contribution is 2.42. The second kappa shape index (κ2) is 9.96. The Balaban J connectivity index is 1.58. The first-order valence-corrected chi connectivity index (χ1v) is 9.84. The second-order valence-electron chi connectivity index (χ2n) is 7.38. The van der Waals surface area contributed by atoms with Crippen molar-refractivity contribution in [3.8, 4) is 5.75 Å². The largest absolute Gasteiger partial charge is 0.497 e. The van der Waals surface area contributed by atoms with Gasteiger partial charge in [0.1, 0.15) is 17.4 Å². The minimum absolute atomic E-state index is 0.00958. The van der Waals surface area contributed by atoms with Gasteiger partial charge in [0, 0.05) is 18.2 Å². The van der Waals surface area contributed by atoms with Crippen molar-refractivity contribution in [2.75, 3.05) is 20.3 Å². The molecule has 0 fully saturated rings. The highest BCUT2D eigenvalue weighted by atomic mass is 19.1. The zero-order valence-corrected chi connectivity index (χ0v) is 16.7. The molecule has 0 unspecified atom stereocenters. The Hall–Kier alpha value is -2.28. The van der Waals surface area contributed by atoms with E-state index in [0.717, 1.165) is 23.8 Å². The van der Waals surface area contributed by atoms with E-state index in [2.05, 4.69) is 11.9 Å². The van der Waals surface area contributed by atoms with Crippen molar-refractivity contribution in [2.45, 2.75) is 37.5 Å². The van der Waals surface area contributed by atoms with E-state index < -0.39 is 11.6 Å². The van der Waals surface area contributed by atoms with Crippen LogP contribution >= 0.6 is 0 Å². The molecule has 1 aliphatic carbocycles. The summed E-state index contributed by atoms with van der Waals surface area (Å²) in [4.78, 5) is 0. The molecule has 0 saturated heterocycles. The fourth-order valence-corrected chi connectivity index (χ4v) is 3.85. The maximum atomic E-state index is 13.3. The lowest BCUT2D eigenvalue weighted by molar-refractivity contribution is 0.0699. The van der Waals surface area contributed by atoms with Crippen LogP contribution in [0.25, 0.3) is 0 Å². The highest BCUT2D eigenvalue weighted by molar-refractivity contribution is 5.42. The van der Waals surface area contributed by atoms with Crippen LogP contribution in [0.5, 0.6) is 5.75 Å². The molecule has 29 heavy (non-hydrogen) atoms.